The minimum absolute atomic E-state index is 0.0147. The summed E-state index contributed by atoms with van der Waals surface area (Å²) in [5.74, 6) is -9.31. The van der Waals surface area contributed by atoms with Crippen LogP contribution in [0.3, 0.4) is 0 Å². The van der Waals surface area contributed by atoms with Gasteiger partial charge in [-0.25, -0.2) is 13.2 Å². The van der Waals surface area contributed by atoms with E-state index in [0.29, 0.717) is 3.57 Å². The van der Waals surface area contributed by atoms with Gasteiger partial charge in [-0.3, -0.25) is 9.52 Å². The maximum atomic E-state index is 14.7. The van der Waals surface area contributed by atoms with Crippen LogP contribution >= 0.6 is 22.6 Å². The Morgan fingerprint density at radius 1 is 1.03 bits per heavy atom. The molecule has 4 N–H and O–H groups in total. The Morgan fingerprint density at radius 2 is 1.71 bits per heavy atom. The normalized spacial score (nSPS) is 11.4. The Morgan fingerprint density at radius 3 is 2.31 bits per heavy atom. The van der Waals surface area contributed by atoms with Crippen molar-refractivity contribution >= 4 is 55.8 Å². The van der Waals surface area contributed by atoms with Crippen LogP contribution in [0.4, 0.5) is 34.6 Å². The molecule has 0 heterocycles. The summed E-state index contributed by atoms with van der Waals surface area (Å²) in [7, 11) is -1.35. The molecule has 0 saturated heterocycles. The number of halogens is 5. The summed E-state index contributed by atoms with van der Waals surface area (Å²) in [5, 5.41) is 2.23. The number of carbonyl (C=O) groups excluding carboxylic acids is 1. The highest BCUT2D eigenvalue weighted by Crippen LogP contribution is 2.39. The van der Waals surface area contributed by atoms with E-state index in [2.05, 4.69) is 10.0 Å². The van der Waals surface area contributed by atoms with Gasteiger partial charge in [0.25, 0.3) is 5.91 Å². The standard InChI is InChI=1S/C21H17F4IN4O4S/c1-30(2)35(32,33)29-11-4-3-5-12(9-11)34-20-15(21(27)31)19(17(24)16(23)18(20)25)28-14-7-6-10(26)8-13(14)22/h3-9,28-29H,1-2H3,(H2,27,31). The Balaban J connectivity index is 2.11. The fourth-order valence-electron chi connectivity index (χ4n) is 2.79. The zero-order chi connectivity index (χ0) is 26.1. The number of primary amides is 1. The van der Waals surface area contributed by atoms with Gasteiger partial charge in [0.05, 0.1) is 17.1 Å². The number of nitrogens with one attached hydrogen (secondary N) is 2. The first-order valence-corrected chi connectivity index (χ1v) is 12.0. The third-order valence-corrected chi connectivity index (χ3v) is 6.63. The lowest BCUT2D eigenvalue weighted by Gasteiger charge is -2.18. The van der Waals surface area contributed by atoms with Crippen LogP contribution in [0, 0.1) is 26.8 Å². The summed E-state index contributed by atoms with van der Waals surface area (Å²) >= 11 is 1.83. The van der Waals surface area contributed by atoms with Crippen molar-refractivity contribution in [2.75, 3.05) is 24.1 Å². The first kappa shape index (κ1) is 26.5. The summed E-state index contributed by atoms with van der Waals surface area (Å²) in [6.45, 7) is 0. The lowest BCUT2D eigenvalue weighted by atomic mass is 10.1. The largest absolute Gasteiger partial charge is 0.453 e. The second-order valence-corrected chi connectivity index (χ2v) is 10.3. The van der Waals surface area contributed by atoms with Gasteiger partial charge in [0, 0.05) is 23.7 Å². The number of amides is 1. The minimum atomic E-state index is -3.91. The van der Waals surface area contributed by atoms with E-state index in [1.54, 1.807) is 0 Å². The molecule has 0 aliphatic carbocycles. The van der Waals surface area contributed by atoms with Crippen molar-refractivity contribution in [3.8, 4) is 11.5 Å². The van der Waals surface area contributed by atoms with E-state index in [9.17, 15) is 30.8 Å². The molecule has 186 valence electrons. The van der Waals surface area contributed by atoms with Gasteiger partial charge in [-0.2, -0.15) is 17.1 Å². The zero-order valence-corrected chi connectivity index (χ0v) is 21.0. The van der Waals surface area contributed by atoms with Crippen molar-refractivity contribution in [1.82, 2.24) is 4.31 Å². The van der Waals surface area contributed by atoms with E-state index in [0.717, 1.165) is 16.4 Å². The average Bonchev–Trinajstić information content (AvgIpc) is 2.76. The predicted molar refractivity (Wildman–Crippen MR) is 130 cm³/mol. The van der Waals surface area contributed by atoms with Gasteiger partial charge >= 0.3 is 10.2 Å². The fourth-order valence-corrected chi connectivity index (χ4v) is 3.85. The summed E-state index contributed by atoms with van der Waals surface area (Å²) in [5.41, 5.74) is 3.07. The maximum Gasteiger partial charge on any atom is 0.301 e. The molecular weight excluding hydrogens is 607 g/mol. The molecule has 14 heteroatoms. The summed E-state index contributed by atoms with van der Waals surface area (Å²) < 4.78 is 91.1. The Hall–Kier alpha value is -3.11. The molecule has 0 bridgehead atoms. The van der Waals surface area contributed by atoms with Crippen molar-refractivity contribution in [2.24, 2.45) is 5.73 Å². The molecule has 0 aromatic heterocycles. The lowest BCUT2D eigenvalue weighted by Crippen LogP contribution is -2.28. The van der Waals surface area contributed by atoms with E-state index in [1.807, 2.05) is 22.6 Å². The maximum absolute atomic E-state index is 14.7. The first-order chi connectivity index (χ1) is 16.3. The molecule has 0 saturated carbocycles. The highest BCUT2D eigenvalue weighted by molar-refractivity contribution is 14.1. The first-order valence-electron chi connectivity index (χ1n) is 9.52. The second kappa shape index (κ2) is 10.2. The van der Waals surface area contributed by atoms with Gasteiger partial charge < -0.3 is 15.8 Å². The summed E-state index contributed by atoms with van der Waals surface area (Å²) in [4.78, 5) is 12.2. The third kappa shape index (κ3) is 5.76. The van der Waals surface area contributed by atoms with Gasteiger partial charge in [0.1, 0.15) is 17.1 Å². The molecule has 3 aromatic rings. The van der Waals surface area contributed by atoms with Crippen LogP contribution in [0.5, 0.6) is 11.5 Å². The number of benzene rings is 3. The Bertz CT molecular complexity index is 1420. The smallest absolute Gasteiger partial charge is 0.301 e. The number of rotatable bonds is 8. The molecule has 3 aromatic carbocycles. The molecule has 0 aliphatic rings. The third-order valence-electron chi connectivity index (χ3n) is 4.50. The molecule has 0 radical (unpaired) electrons. The summed E-state index contributed by atoms with van der Waals surface area (Å²) in [6, 6.07) is 8.75. The lowest BCUT2D eigenvalue weighted by molar-refractivity contribution is 0.0997. The van der Waals surface area contributed by atoms with Crippen LogP contribution in [0.2, 0.25) is 0 Å². The van der Waals surface area contributed by atoms with Gasteiger partial charge in [0.2, 0.25) is 11.6 Å². The molecule has 8 nitrogen and oxygen atoms in total. The molecule has 0 fully saturated rings. The van der Waals surface area contributed by atoms with Crippen molar-refractivity contribution in [3.05, 3.63) is 74.9 Å². The molecule has 0 unspecified atom stereocenters. The van der Waals surface area contributed by atoms with Crippen molar-refractivity contribution in [1.29, 1.82) is 0 Å². The predicted octanol–water partition coefficient (Wildman–Crippen LogP) is 4.70. The van der Waals surface area contributed by atoms with E-state index < -0.39 is 56.4 Å². The minimum Gasteiger partial charge on any atom is -0.453 e. The summed E-state index contributed by atoms with van der Waals surface area (Å²) in [6.07, 6.45) is 0. The van der Waals surface area contributed by atoms with Crippen LogP contribution in [0.1, 0.15) is 10.4 Å². The van der Waals surface area contributed by atoms with Crippen LogP contribution in [-0.4, -0.2) is 32.7 Å². The van der Waals surface area contributed by atoms with Crippen molar-refractivity contribution in [3.63, 3.8) is 0 Å². The highest BCUT2D eigenvalue weighted by atomic mass is 127. The van der Waals surface area contributed by atoms with Crippen LogP contribution in [0.15, 0.2) is 42.5 Å². The van der Waals surface area contributed by atoms with Crippen molar-refractivity contribution < 1.29 is 35.5 Å². The molecule has 1 amide bonds. The van der Waals surface area contributed by atoms with Gasteiger partial charge in [-0.1, -0.05) is 6.07 Å². The Kier molecular flexibility index (Phi) is 7.76. The molecule has 3 rings (SSSR count). The van der Waals surface area contributed by atoms with Gasteiger partial charge in [-0.15, -0.1) is 0 Å². The average molecular weight is 624 g/mol. The number of ether oxygens (including phenoxy) is 1. The zero-order valence-electron chi connectivity index (χ0n) is 18.0. The molecule has 35 heavy (non-hydrogen) atoms. The molecule has 0 aliphatic heterocycles. The molecular formula is C21H17F4IN4O4S. The SMILES string of the molecule is CN(C)S(=O)(=O)Nc1cccc(Oc2c(F)c(F)c(F)c(Nc3ccc(I)cc3F)c2C(N)=O)c1. The van der Waals surface area contributed by atoms with Gasteiger partial charge in [-0.05, 0) is 52.9 Å². The quantitative estimate of drug-likeness (QED) is 0.191. The van der Waals surface area contributed by atoms with Gasteiger partial charge in [0.15, 0.2) is 11.6 Å². The molecule has 0 spiro atoms. The van der Waals surface area contributed by atoms with E-state index in [1.165, 1.54) is 44.4 Å². The number of hydrogen-bond donors (Lipinski definition) is 3. The van der Waals surface area contributed by atoms with Crippen LogP contribution in [0.25, 0.3) is 0 Å². The highest BCUT2D eigenvalue weighted by Gasteiger charge is 2.30. The number of nitrogens with zero attached hydrogens (tertiary/aromatic N) is 1. The van der Waals surface area contributed by atoms with E-state index in [-0.39, 0.29) is 17.1 Å². The number of hydrogen-bond acceptors (Lipinski definition) is 5. The van der Waals surface area contributed by atoms with E-state index >= 15 is 0 Å². The van der Waals surface area contributed by atoms with Crippen LogP contribution in [-0.2, 0) is 10.2 Å². The fraction of sp³-hybridized carbons (Fsp3) is 0.0952. The number of carbonyl (C=O) groups is 1. The van der Waals surface area contributed by atoms with E-state index in [4.69, 9.17) is 10.5 Å². The number of anilines is 3. The molecule has 0 atom stereocenters. The topological polar surface area (TPSA) is 114 Å². The van der Waals surface area contributed by atoms with Crippen molar-refractivity contribution in [2.45, 2.75) is 0 Å². The second-order valence-electron chi connectivity index (χ2n) is 7.15. The Labute approximate surface area is 211 Å². The number of nitrogens with two attached hydrogens (primary N) is 1. The monoisotopic (exact) mass is 624 g/mol. The van der Waals surface area contributed by atoms with Crippen LogP contribution < -0.4 is 20.5 Å².